The van der Waals surface area contributed by atoms with Gasteiger partial charge in [0.05, 0.1) is 11.1 Å². The van der Waals surface area contributed by atoms with Crippen molar-refractivity contribution in [3.05, 3.63) is 56.0 Å². The van der Waals surface area contributed by atoms with Crippen molar-refractivity contribution < 1.29 is 8.78 Å². The molecule has 1 N–H and O–H groups in total. The van der Waals surface area contributed by atoms with Gasteiger partial charge in [-0.15, -0.1) is 0 Å². The van der Waals surface area contributed by atoms with E-state index in [0.717, 1.165) is 25.7 Å². The normalized spacial score (nSPS) is 15.1. The maximum absolute atomic E-state index is 13.8. The van der Waals surface area contributed by atoms with Crippen LogP contribution in [0.5, 0.6) is 0 Å². The lowest BCUT2D eigenvalue weighted by Crippen LogP contribution is -2.20. The van der Waals surface area contributed by atoms with Gasteiger partial charge >= 0.3 is 0 Å². The van der Waals surface area contributed by atoms with Gasteiger partial charge in [0.15, 0.2) is 4.77 Å². The molecule has 2 aromatic heterocycles. The van der Waals surface area contributed by atoms with Crippen LogP contribution in [0.2, 0.25) is 5.02 Å². The first-order valence-corrected chi connectivity index (χ1v) is 9.48. The van der Waals surface area contributed by atoms with Gasteiger partial charge in [0.1, 0.15) is 5.65 Å². The molecule has 1 aromatic carbocycles. The second-order valence-electron chi connectivity index (χ2n) is 6.67. The van der Waals surface area contributed by atoms with Crippen molar-refractivity contribution in [1.29, 1.82) is 0 Å². The molecule has 0 radical (unpaired) electrons. The Bertz CT molecular complexity index is 1120. The van der Waals surface area contributed by atoms with Crippen LogP contribution >= 0.6 is 23.8 Å². The molecule has 1 aliphatic carbocycles. The zero-order valence-corrected chi connectivity index (χ0v) is 15.8. The van der Waals surface area contributed by atoms with E-state index in [4.69, 9.17) is 23.8 Å². The lowest BCUT2D eigenvalue weighted by molar-refractivity contribution is 0.153. The van der Waals surface area contributed by atoms with Crippen LogP contribution in [0.4, 0.5) is 8.78 Å². The molecule has 2 heterocycles. The van der Waals surface area contributed by atoms with Gasteiger partial charge in [-0.05, 0) is 43.3 Å². The number of pyridine rings is 1. The quantitative estimate of drug-likeness (QED) is 0.556. The summed E-state index contributed by atoms with van der Waals surface area (Å²) in [6.07, 6.45) is 1.02. The largest absolute Gasteiger partial charge is 0.299 e. The summed E-state index contributed by atoms with van der Waals surface area (Å²) in [5, 5.41) is 0.446. The van der Waals surface area contributed by atoms with Crippen LogP contribution < -0.4 is 5.56 Å². The zero-order chi connectivity index (χ0) is 19.1. The fourth-order valence-electron chi connectivity index (χ4n) is 3.72. The third-order valence-corrected chi connectivity index (χ3v) is 5.54. The third kappa shape index (κ3) is 3.30. The molecule has 1 fully saturated rings. The average molecular weight is 408 g/mol. The van der Waals surface area contributed by atoms with Gasteiger partial charge in [0, 0.05) is 22.2 Å². The van der Waals surface area contributed by atoms with Crippen molar-refractivity contribution in [2.24, 2.45) is 0 Å². The molecule has 0 atom stereocenters. The average Bonchev–Trinajstić information content (AvgIpc) is 3.15. The van der Waals surface area contributed by atoms with Gasteiger partial charge < -0.3 is 0 Å². The highest BCUT2D eigenvalue weighted by atomic mass is 35.5. The molecule has 8 heteroatoms. The van der Waals surface area contributed by atoms with Crippen molar-refractivity contribution in [1.82, 2.24) is 14.5 Å². The number of benzene rings is 1. The molecule has 0 amide bonds. The van der Waals surface area contributed by atoms with Crippen LogP contribution in [-0.4, -0.2) is 14.5 Å². The number of rotatable bonds is 3. The summed E-state index contributed by atoms with van der Waals surface area (Å²) in [7, 11) is 0. The van der Waals surface area contributed by atoms with Gasteiger partial charge in [0.2, 0.25) is 0 Å². The summed E-state index contributed by atoms with van der Waals surface area (Å²) in [4.78, 5) is 19.6. The number of hydrogen-bond acceptors (Lipinski definition) is 3. The monoisotopic (exact) mass is 407 g/mol. The lowest BCUT2D eigenvalue weighted by Gasteiger charge is -2.19. The van der Waals surface area contributed by atoms with E-state index in [0.29, 0.717) is 16.3 Å². The molecule has 4 nitrogen and oxygen atoms in total. The number of nitrogens with zero attached hydrogens (tertiary/aromatic N) is 2. The predicted molar refractivity (Wildman–Crippen MR) is 104 cm³/mol. The Morgan fingerprint density at radius 2 is 1.89 bits per heavy atom. The fourth-order valence-corrected chi connectivity index (χ4v) is 4.17. The zero-order valence-electron chi connectivity index (χ0n) is 14.2. The van der Waals surface area contributed by atoms with Crippen molar-refractivity contribution >= 4 is 34.9 Å². The molecule has 0 saturated heterocycles. The summed E-state index contributed by atoms with van der Waals surface area (Å²) in [6, 6.07) is 8.10. The van der Waals surface area contributed by atoms with Crippen LogP contribution in [0.25, 0.3) is 22.3 Å². The van der Waals surface area contributed by atoms with Gasteiger partial charge in [-0.1, -0.05) is 36.6 Å². The first-order valence-electron chi connectivity index (χ1n) is 8.69. The second-order valence-corrected chi connectivity index (χ2v) is 7.49. The number of halogens is 3. The number of alkyl halides is 2. The number of aromatic amines is 1. The van der Waals surface area contributed by atoms with E-state index >= 15 is 0 Å². The number of H-pyrrole nitrogens is 1. The molecule has 1 saturated carbocycles. The standard InChI is InChI=1S/C19H16ClF2N3OS/c20-11-7-5-10(6-8-11)14-9-13(16(21)22)15-17(23-14)25(12-3-1-2-4-12)19(27)24-18(15)26/h5-9,12,16H,1-4H2,(H,24,26,27). The Morgan fingerprint density at radius 3 is 2.52 bits per heavy atom. The summed E-state index contributed by atoms with van der Waals surface area (Å²) in [6.45, 7) is 0. The van der Waals surface area contributed by atoms with Gasteiger partial charge in [-0.25, -0.2) is 13.8 Å². The minimum atomic E-state index is -2.81. The van der Waals surface area contributed by atoms with E-state index < -0.39 is 12.0 Å². The third-order valence-electron chi connectivity index (χ3n) is 4.99. The highest BCUT2D eigenvalue weighted by Crippen LogP contribution is 2.34. The van der Waals surface area contributed by atoms with Crippen molar-refractivity contribution in [2.75, 3.05) is 0 Å². The van der Waals surface area contributed by atoms with Gasteiger partial charge in [0.25, 0.3) is 12.0 Å². The van der Waals surface area contributed by atoms with E-state index in [2.05, 4.69) is 9.97 Å². The molecule has 0 aliphatic heterocycles. The van der Waals surface area contributed by atoms with Crippen molar-refractivity contribution in [3.8, 4) is 11.3 Å². The molecule has 0 unspecified atom stereocenters. The summed E-state index contributed by atoms with van der Waals surface area (Å²) >= 11 is 11.3. The smallest absolute Gasteiger partial charge is 0.264 e. The number of fused-ring (bicyclic) bond motifs is 1. The van der Waals surface area contributed by atoms with Gasteiger partial charge in [-0.2, -0.15) is 0 Å². The van der Waals surface area contributed by atoms with E-state index in [1.807, 2.05) is 0 Å². The lowest BCUT2D eigenvalue weighted by atomic mass is 10.1. The second kappa shape index (κ2) is 7.13. The first kappa shape index (κ1) is 18.3. The molecule has 4 rings (SSSR count). The molecule has 1 aliphatic rings. The number of hydrogen-bond donors (Lipinski definition) is 1. The topological polar surface area (TPSA) is 50.7 Å². The summed E-state index contributed by atoms with van der Waals surface area (Å²) < 4.78 is 29.6. The molecule has 3 aromatic rings. The molecule has 0 bridgehead atoms. The minimum absolute atomic E-state index is 0.0512. The Kier molecular flexibility index (Phi) is 4.82. The Labute approximate surface area is 163 Å². The molecule has 140 valence electrons. The van der Waals surface area contributed by atoms with E-state index in [1.165, 1.54) is 6.07 Å². The highest BCUT2D eigenvalue weighted by molar-refractivity contribution is 7.71. The summed E-state index contributed by atoms with van der Waals surface area (Å²) in [5.74, 6) is 0. The van der Waals surface area contributed by atoms with Crippen LogP contribution in [0, 0.1) is 4.77 Å². The molecular formula is C19H16ClF2N3OS. The fraction of sp³-hybridized carbons (Fsp3) is 0.316. The van der Waals surface area contributed by atoms with Crippen LogP contribution in [0.3, 0.4) is 0 Å². The first-order chi connectivity index (χ1) is 13.0. The highest BCUT2D eigenvalue weighted by Gasteiger charge is 2.24. The molecule has 0 spiro atoms. The molecular weight excluding hydrogens is 392 g/mol. The van der Waals surface area contributed by atoms with Crippen molar-refractivity contribution in [3.63, 3.8) is 0 Å². The maximum Gasteiger partial charge on any atom is 0.264 e. The summed E-state index contributed by atoms with van der Waals surface area (Å²) in [5.41, 5.74) is 0.259. The van der Waals surface area contributed by atoms with Crippen LogP contribution in [0.15, 0.2) is 35.1 Å². The Hall–Kier alpha value is -2.12. The van der Waals surface area contributed by atoms with Crippen LogP contribution in [0.1, 0.15) is 43.7 Å². The SMILES string of the molecule is O=c1[nH]c(=S)n(C2CCCC2)c2nc(-c3ccc(Cl)cc3)cc(C(F)F)c12. The maximum atomic E-state index is 13.8. The Morgan fingerprint density at radius 1 is 1.22 bits per heavy atom. The van der Waals surface area contributed by atoms with Crippen molar-refractivity contribution in [2.45, 2.75) is 38.2 Å². The minimum Gasteiger partial charge on any atom is -0.299 e. The predicted octanol–water partition coefficient (Wildman–Crippen LogP) is 5.83. The Balaban J connectivity index is 2.08. The number of nitrogens with one attached hydrogen (secondary N) is 1. The molecule has 27 heavy (non-hydrogen) atoms. The van der Waals surface area contributed by atoms with Gasteiger partial charge in [-0.3, -0.25) is 14.3 Å². The van der Waals surface area contributed by atoms with E-state index in [1.54, 1.807) is 28.8 Å². The van der Waals surface area contributed by atoms with E-state index in [9.17, 15) is 13.6 Å². The van der Waals surface area contributed by atoms with E-state index in [-0.39, 0.29) is 27.4 Å². The number of aromatic nitrogens is 3. The van der Waals surface area contributed by atoms with Crippen LogP contribution in [-0.2, 0) is 0 Å².